The first-order valence-electron chi connectivity index (χ1n) is 10.1. The third-order valence-electron chi connectivity index (χ3n) is 5.51. The van der Waals surface area contributed by atoms with Gasteiger partial charge in [0.15, 0.2) is 0 Å². The largest absolute Gasteiger partial charge is 0.508 e. The third kappa shape index (κ3) is 5.49. The second-order valence-electron chi connectivity index (χ2n) is 8.42. The molecule has 0 bridgehead atoms. The molecule has 3 nitrogen and oxygen atoms in total. The summed E-state index contributed by atoms with van der Waals surface area (Å²) in [7, 11) is 0. The average Bonchev–Trinajstić information content (AvgIpc) is 2.62. The van der Waals surface area contributed by atoms with Gasteiger partial charge in [-0.25, -0.2) is 0 Å². The Balaban J connectivity index is 1.97. The van der Waals surface area contributed by atoms with E-state index in [0.717, 1.165) is 36.0 Å². The molecule has 0 aromatic heterocycles. The molecule has 27 heavy (non-hydrogen) atoms. The topological polar surface area (TPSA) is 66.5 Å². The minimum Gasteiger partial charge on any atom is -0.508 e. The van der Waals surface area contributed by atoms with Crippen LogP contribution in [0.25, 0.3) is 0 Å². The summed E-state index contributed by atoms with van der Waals surface area (Å²) in [6, 6.07) is 11.7. The quantitative estimate of drug-likeness (QED) is 0.534. The Morgan fingerprint density at radius 2 is 1.37 bits per heavy atom. The number of rotatable bonds is 8. The highest BCUT2D eigenvalue weighted by atomic mass is 16.3. The first-order valence-corrected chi connectivity index (χ1v) is 10.1. The SMILES string of the molecule is CC(C)c1cc(CCCC(C)C(N)c2ccc(O)c(C(C)C)c2)ccc1O. The van der Waals surface area contributed by atoms with Crippen LogP contribution in [0.15, 0.2) is 36.4 Å². The summed E-state index contributed by atoms with van der Waals surface area (Å²) in [6.07, 6.45) is 3.09. The molecule has 0 saturated carbocycles. The van der Waals surface area contributed by atoms with Crippen molar-refractivity contribution in [2.24, 2.45) is 11.7 Å². The van der Waals surface area contributed by atoms with E-state index in [1.807, 2.05) is 18.2 Å². The van der Waals surface area contributed by atoms with Crippen LogP contribution in [0.5, 0.6) is 11.5 Å². The van der Waals surface area contributed by atoms with Crippen molar-refractivity contribution in [2.75, 3.05) is 0 Å². The number of nitrogens with two attached hydrogens (primary N) is 1. The molecule has 0 amide bonds. The lowest BCUT2D eigenvalue weighted by atomic mass is 9.88. The van der Waals surface area contributed by atoms with Gasteiger partial charge < -0.3 is 15.9 Å². The van der Waals surface area contributed by atoms with Gasteiger partial charge >= 0.3 is 0 Å². The Hall–Kier alpha value is -2.00. The molecule has 4 N–H and O–H groups in total. The van der Waals surface area contributed by atoms with Crippen LogP contribution < -0.4 is 5.73 Å². The number of hydrogen-bond acceptors (Lipinski definition) is 3. The zero-order valence-corrected chi connectivity index (χ0v) is 17.4. The maximum Gasteiger partial charge on any atom is 0.119 e. The van der Waals surface area contributed by atoms with E-state index in [9.17, 15) is 10.2 Å². The summed E-state index contributed by atoms with van der Waals surface area (Å²) in [4.78, 5) is 0. The molecule has 2 aromatic carbocycles. The van der Waals surface area contributed by atoms with Crippen molar-refractivity contribution in [3.8, 4) is 11.5 Å². The molecule has 2 rings (SSSR count). The van der Waals surface area contributed by atoms with Crippen molar-refractivity contribution in [3.63, 3.8) is 0 Å². The van der Waals surface area contributed by atoms with Gasteiger partial charge in [-0.15, -0.1) is 0 Å². The number of aromatic hydroxyl groups is 2. The van der Waals surface area contributed by atoms with Crippen LogP contribution in [0.1, 0.15) is 87.6 Å². The van der Waals surface area contributed by atoms with E-state index in [0.29, 0.717) is 23.3 Å². The number of aryl methyl sites for hydroxylation is 1. The van der Waals surface area contributed by atoms with Crippen LogP contribution in [0, 0.1) is 5.92 Å². The van der Waals surface area contributed by atoms with Gasteiger partial charge in [-0.2, -0.15) is 0 Å². The summed E-state index contributed by atoms with van der Waals surface area (Å²) < 4.78 is 0. The molecule has 0 aliphatic rings. The second kappa shape index (κ2) is 9.27. The van der Waals surface area contributed by atoms with Gasteiger partial charge in [0.25, 0.3) is 0 Å². The average molecular weight is 370 g/mol. The molecule has 0 saturated heterocycles. The fraction of sp³-hybridized carbons (Fsp3) is 0.500. The highest BCUT2D eigenvalue weighted by Gasteiger charge is 2.17. The zero-order chi connectivity index (χ0) is 20.1. The van der Waals surface area contributed by atoms with Crippen LogP contribution in [0.4, 0.5) is 0 Å². The first-order chi connectivity index (χ1) is 12.7. The van der Waals surface area contributed by atoms with Gasteiger partial charge in [-0.1, -0.05) is 58.9 Å². The van der Waals surface area contributed by atoms with Crippen LogP contribution >= 0.6 is 0 Å². The highest BCUT2D eigenvalue weighted by Crippen LogP contribution is 2.32. The second-order valence-corrected chi connectivity index (χ2v) is 8.42. The summed E-state index contributed by atoms with van der Waals surface area (Å²) in [5, 5.41) is 20.0. The molecule has 0 heterocycles. The molecular weight excluding hydrogens is 334 g/mol. The fourth-order valence-electron chi connectivity index (χ4n) is 3.60. The van der Waals surface area contributed by atoms with Crippen LogP contribution in [-0.2, 0) is 6.42 Å². The normalized spacial score (nSPS) is 13.9. The van der Waals surface area contributed by atoms with Gasteiger partial charge in [-0.05, 0) is 71.4 Å². The Bertz CT molecular complexity index is 752. The van der Waals surface area contributed by atoms with Crippen molar-refractivity contribution in [1.82, 2.24) is 0 Å². The Morgan fingerprint density at radius 3 is 1.96 bits per heavy atom. The van der Waals surface area contributed by atoms with E-state index in [4.69, 9.17) is 5.73 Å². The number of hydrogen-bond donors (Lipinski definition) is 3. The monoisotopic (exact) mass is 369 g/mol. The van der Waals surface area contributed by atoms with Crippen molar-refractivity contribution in [1.29, 1.82) is 0 Å². The minimum atomic E-state index is -0.0332. The molecule has 2 atom stereocenters. The van der Waals surface area contributed by atoms with Gasteiger partial charge in [0, 0.05) is 6.04 Å². The van der Waals surface area contributed by atoms with Crippen molar-refractivity contribution in [3.05, 3.63) is 58.7 Å². The summed E-state index contributed by atoms with van der Waals surface area (Å²) >= 11 is 0. The van der Waals surface area contributed by atoms with Crippen LogP contribution in [-0.4, -0.2) is 10.2 Å². The van der Waals surface area contributed by atoms with E-state index in [1.165, 1.54) is 5.56 Å². The van der Waals surface area contributed by atoms with Crippen molar-refractivity contribution < 1.29 is 10.2 Å². The minimum absolute atomic E-state index is 0.0332. The lowest BCUT2D eigenvalue weighted by molar-refractivity contribution is 0.423. The Labute approximate surface area is 164 Å². The van der Waals surface area contributed by atoms with E-state index >= 15 is 0 Å². The van der Waals surface area contributed by atoms with Gasteiger partial charge in [0.2, 0.25) is 0 Å². The molecule has 0 aliphatic heterocycles. The molecule has 148 valence electrons. The maximum atomic E-state index is 10.0. The maximum absolute atomic E-state index is 10.0. The van der Waals surface area contributed by atoms with E-state index < -0.39 is 0 Å². The Kier molecular flexibility index (Phi) is 7.32. The highest BCUT2D eigenvalue weighted by molar-refractivity contribution is 5.40. The number of phenols is 2. The summed E-state index contributed by atoms with van der Waals surface area (Å²) in [6.45, 7) is 10.6. The van der Waals surface area contributed by atoms with Gasteiger partial charge in [-0.3, -0.25) is 0 Å². The van der Waals surface area contributed by atoms with E-state index in [2.05, 4.69) is 46.8 Å². The molecule has 0 spiro atoms. The molecule has 2 aromatic rings. The molecule has 2 unspecified atom stereocenters. The van der Waals surface area contributed by atoms with Gasteiger partial charge in [0.1, 0.15) is 11.5 Å². The zero-order valence-electron chi connectivity index (χ0n) is 17.4. The Morgan fingerprint density at radius 1 is 0.815 bits per heavy atom. The number of phenolic OH excluding ortho intramolecular Hbond substituents is 2. The lowest BCUT2D eigenvalue weighted by Gasteiger charge is -2.22. The number of benzene rings is 2. The molecule has 0 aliphatic carbocycles. The fourth-order valence-corrected chi connectivity index (χ4v) is 3.60. The lowest BCUT2D eigenvalue weighted by Crippen LogP contribution is -2.19. The molecule has 0 radical (unpaired) electrons. The van der Waals surface area contributed by atoms with Crippen molar-refractivity contribution >= 4 is 0 Å². The van der Waals surface area contributed by atoms with Crippen molar-refractivity contribution in [2.45, 2.75) is 71.8 Å². The van der Waals surface area contributed by atoms with Crippen LogP contribution in [0.2, 0.25) is 0 Å². The standard InChI is InChI=1S/C24H35NO2/c1-15(2)20-13-18(9-11-22(20)26)8-6-7-17(5)24(25)19-10-12-23(27)21(14-19)16(3)4/h9-17,24,26-27H,6-8,25H2,1-5H3. The predicted octanol–water partition coefficient (Wildman–Crippen LogP) is 6.00. The summed E-state index contributed by atoms with van der Waals surface area (Å²) in [5.41, 5.74) is 10.8. The third-order valence-corrected chi connectivity index (χ3v) is 5.51. The molecule has 3 heteroatoms. The smallest absolute Gasteiger partial charge is 0.119 e. The van der Waals surface area contributed by atoms with E-state index in [1.54, 1.807) is 6.07 Å². The van der Waals surface area contributed by atoms with E-state index in [-0.39, 0.29) is 12.0 Å². The van der Waals surface area contributed by atoms with Gasteiger partial charge in [0.05, 0.1) is 0 Å². The molecule has 0 fully saturated rings. The molecular formula is C24H35NO2. The summed E-state index contributed by atoms with van der Waals surface area (Å²) in [5.74, 6) is 1.69. The predicted molar refractivity (Wildman–Crippen MR) is 113 cm³/mol. The van der Waals surface area contributed by atoms with Crippen LogP contribution in [0.3, 0.4) is 0 Å². The first kappa shape index (κ1) is 21.3.